The van der Waals surface area contributed by atoms with Gasteiger partial charge in [-0.1, -0.05) is 41.4 Å². The Morgan fingerprint density at radius 3 is 2.65 bits per heavy atom. The molecule has 0 unspecified atom stereocenters. The number of rotatable bonds is 4. The predicted molar refractivity (Wildman–Crippen MR) is 87.1 cm³/mol. The SMILES string of the molecule is CC(C)c1cc(Br)ccc1Oc1ccc(Cl)c(CCl)n1. The number of aromatic nitrogens is 1. The lowest BCUT2D eigenvalue weighted by Gasteiger charge is -2.14. The standard InChI is InChI=1S/C15H14BrCl2NO/c1-9(2)11-7-10(16)3-5-14(11)20-15-6-4-12(18)13(8-17)19-15/h3-7,9H,8H2,1-2H3. The summed E-state index contributed by atoms with van der Waals surface area (Å²) in [4.78, 5) is 4.31. The molecule has 0 amide bonds. The van der Waals surface area contributed by atoms with E-state index in [2.05, 4.69) is 40.8 Å². The van der Waals surface area contributed by atoms with Crippen molar-refractivity contribution in [3.63, 3.8) is 0 Å². The quantitative estimate of drug-likeness (QED) is 0.598. The minimum Gasteiger partial charge on any atom is -0.439 e. The van der Waals surface area contributed by atoms with E-state index in [0.717, 1.165) is 15.8 Å². The van der Waals surface area contributed by atoms with E-state index in [1.54, 1.807) is 12.1 Å². The van der Waals surface area contributed by atoms with E-state index < -0.39 is 0 Å². The van der Waals surface area contributed by atoms with E-state index in [4.69, 9.17) is 27.9 Å². The summed E-state index contributed by atoms with van der Waals surface area (Å²) in [6, 6.07) is 9.41. The van der Waals surface area contributed by atoms with Crippen LogP contribution in [-0.2, 0) is 5.88 Å². The lowest BCUT2D eigenvalue weighted by molar-refractivity contribution is 0.453. The van der Waals surface area contributed by atoms with Crippen LogP contribution in [-0.4, -0.2) is 4.98 Å². The molecule has 0 fully saturated rings. The minimum atomic E-state index is 0.257. The first kappa shape index (κ1) is 15.6. The van der Waals surface area contributed by atoms with E-state index in [9.17, 15) is 0 Å². The fourth-order valence-electron chi connectivity index (χ4n) is 1.79. The number of hydrogen-bond donors (Lipinski definition) is 0. The molecule has 0 spiro atoms. The second-order valence-electron chi connectivity index (χ2n) is 4.65. The van der Waals surface area contributed by atoms with Crippen molar-refractivity contribution < 1.29 is 4.74 Å². The van der Waals surface area contributed by atoms with Crippen LogP contribution < -0.4 is 4.74 Å². The molecular weight excluding hydrogens is 361 g/mol. The third-order valence-electron chi connectivity index (χ3n) is 2.83. The van der Waals surface area contributed by atoms with Crippen molar-refractivity contribution in [1.29, 1.82) is 0 Å². The summed E-state index contributed by atoms with van der Waals surface area (Å²) >= 11 is 15.3. The summed E-state index contributed by atoms with van der Waals surface area (Å²) in [5, 5.41) is 0.548. The highest BCUT2D eigenvalue weighted by Gasteiger charge is 2.11. The van der Waals surface area contributed by atoms with E-state index in [1.165, 1.54) is 0 Å². The maximum Gasteiger partial charge on any atom is 0.219 e. The Balaban J connectivity index is 2.34. The van der Waals surface area contributed by atoms with Crippen LogP contribution in [0.3, 0.4) is 0 Å². The van der Waals surface area contributed by atoms with Crippen LogP contribution in [0.1, 0.15) is 31.0 Å². The van der Waals surface area contributed by atoms with Crippen molar-refractivity contribution in [2.24, 2.45) is 0 Å². The summed E-state index contributed by atoms with van der Waals surface area (Å²) in [6.45, 7) is 4.24. The van der Waals surface area contributed by atoms with Gasteiger partial charge in [-0.05, 0) is 35.7 Å². The summed E-state index contributed by atoms with van der Waals surface area (Å²) in [5.74, 6) is 1.89. The third kappa shape index (κ3) is 3.66. The fourth-order valence-corrected chi connectivity index (χ4v) is 2.61. The van der Waals surface area contributed by atoms with Crippen LogP contribution in [0.4, 0.5) is 0 Å². The molecule has 5 heteroatoms. The topological polar surface area (TPSA) is 22.1 Å². The first-order valence-corrected chi connectivity index (χ1v) is 7.90. The van der Waals surface area contributed by atoms with Gasteiger partial charge in [0.1, 0.15) is 5.75 Å². The molecule has 1 aromatic carbocycles. The Morgan fingerprint density at radius 1 is 1.25 bits per heavy atom. The summed E-state index contributed by atoms with van der Waals surface area (Å²) < 4.78 is 6.90. The van der Waals surface area contributed by atoms with E-state index >= 15 is 0 Å². The van der Waals surface area contributed by atoms with Gasteiger partial charge in [0, 0.05) is 10.5 Å². The molecule has 1 heterocycles. The van der Waals surface area contributed by atoms with Crippen molar-refractivity contribution in [2.75, 3.05) is 0 Å². The molecule has 0 saturated carbocycles. The lowest BCUT2D eigenvalue weighted by Crippen LogP contribution is -1.97. The van der Waals surface area contributed by atoms with Gasteiger partial charge in [-0.15, -0.1) is 11.6 Å². The van der Waals surface area contributed by atoms with E-state index in [1.807, 2.05) is 12.1 Å². The van der Waals surface area contributed by atoms with Gasteiger partial charge >= 0.3 is 0 Å². The van der Waals surface area contributed by atoms with Crippen molar-refractivity contribution >= 4 is 39.1 Å². The van der Waals surface area contributed by atoms with Crippen LogP contribution >= 0.6 is 39.1 Å². The maximum absolute atomic E-state index is 5.99. The largest absolute Gasteiger partial charge is 0.439 e. The normalized spacial score (nSPS) is 10.9. The number of alkyl halides is 1. The highest BCUT2D eigenvalue weighted by molar-refractivity contribution is 9.10. The summed E-state index contributed by atoms with van der Waals surface area (Å²) in [7, 11) is 0. The number of halogens is 3. The van der Waals surface area contributed by atoms with Gasteiger partial charge in [0.15, 0.2) is 0 Å². The van der Waals surface area contributed by atoms with Crippen LogP contribution in [0.15, 0.2) is 34.8 Å². The zero-order valence-corrected chi connectivity index (χ0v) is 14.3. The Labute approximate surface area is 137 Å². The van der Waals surface area contributed by atoms with Gasteiger partial charge in [-0.2, -0.15) is 0 Å². The average molecular weight is 375 g/mol. The predicted octanol–water partition coefficient (Wildman–Crippen LogP) is 6.15. The number of pyridine rings is 1. The molecule has 0 aliphatic rings. The van der Waals surface area contributed by atoms with Gasteiger partial charge in [-0.3, -0.25) is 0 Å². The van der Waals surface area contributed by atoms with Crippen LogP contribution in [0.25, 0.3) is 0 Å². The Kier molecular flexibility index (Phi) is 5.30. The van der Waals surface area contributed by atoms with Gasteiger partial charge in [0.25, 0.3) is 0 Å². The summed E-state index contributed by atoms with van der Waals surface area (Å²) in [5.41, 5.74) is 1.73. The molecule has 0 bridgehead atoms. The van der Waals surface area contributed by atoms with Gasteiger partial charge < -0.3 is 4.74 Å². The van der Waals surface area contributed by atoms with Crippen LogP contribution in [0.5, 0.6) is 11.6 Å². The molecule has 20 heavy (non-hydrogen) atoms. The third-order valence-corrected chi connectivity index (χ3v) is 3.92. The summed E-state index contributed by atoms with van der Waals surface area (Å²) in [6.07, 6.45) is 0. The van der Waals surface area contributed by atoms with Crippen molar-refractivity contribution in [1.82, 2.24) is 4.98 Å². The van der Waals surface area contributed by atoms with Crippen molar-refractivity contribution in [2.45, 2.75) is 25.6 Å². The number of nitrogens with zero attached hydrogens (tertiary/aromatic N) is 1. The Bertz CT molecular complexity index is 617. The monoisotopic (exact) mass is 373 g/mol. The smallest absolute Gasteiger partial charge is 0.219 e. The number of ether oxygens (including phenoxy) is 1. The minimum absolute atomic E-state index is 0.257. The van der Waals surface area contributed by atoms with Crippen molar-refractivity contribution in [3.05, 3.63) is 51.1 Å². The van der Waals surface area contributed by atoms with E-state index in [-0.39, 0.29) is 5.88 Å². The number of hydrogen-bond acceptors (Lipinski definition) is 2. The Morgan fingerprint density at radius 2 is 2.00 bits per heavy atom. The molecule has 0 saturated heterocycles. The van der Waals surface area contributed by atoms with Gasteiger partial charge in [0.2, 0.25) is 5.88 Å². The highest BCUT2D eigenvalue weighted by Crippen LogP contribution is 2.33. The highest BCUT2D eigenvalue weighted by atomic mass is 79.9. The molecule has 106 valence electrons. The van der Waals surface area contributed by atoms with Crippen LogP contribution in [0.2, 0.25) is 5.02 Å². The van der Waals surface area contributed by atoms with Gasteiger partial charge in [0.05, 0.1) is 16.6 Å². The zero-order valence-electron chi connectivity index (χ0n) is 11.2. The number of benzene rings is 1. The second kappa shape index (κ2) is 6.79. The fraction of sp³-hybridized carbons (Fsp3) is 0.267. The lowest BCUT2D eigenvalue weighted by atomic mass is 10.0. The van der Waals surface area contributed by atoms with Crippen molar-refractivity contribution in [3.8, 4) is 11.6 Å². The molecule has 1 aromatic heterocycles. The van der Waals surface area contributed by atoms with Crippen LogP contribution in [0, 0.1) is 0 Å². The first-order chi connectivity index (χ1) is 9.51. The molecule has 0 atom stereocenters. The first-order valence-electron chi connectivity index (χ1n) is 6.20. The average Bonchev–Trinajstić information content (AvgIpc) is 2.42. The molecule has 2 rings (SSSR count). The van der Waals surface area contributed by atoms with Gasteiger partial charge in [-0.25, -0.2) is 4.98 Å². The maximum atomic E-state index is 5.99. The molecule has 0 aliphatic heterocycles. The second-order valence-corrected chi connectivity index (χ2v) is 6.24. The molecular formula is C15H14BrCl2NO. The molecule has 0 aliphatic carbocycles. The molecule has 0 radical (unpaired) electrons. The Hall–Kier alpha value is -0.770. The van der Waals surface area contributed by atoms with E-state index in [0.29, 0.717) is 22.5 Å². The molecule has 0 N–H and O–H groups in total. The molecule has 2 nitrogen and oxygen atoms in total. The molecule has 2 aromatic rings. The zero-order chi connectivity index (χ0) is 14.7.